The largest absolute Gasteiger partial charge is 0.493 e. The van der Waals surface area contributed by atoms with Gasteiger partial charge in [0, 0.05) is 21.3 Å². The number of hydrogen-bond acceptors (Lipinski definition) is 4. The summed E-state index contributed by atoms with van der Waals surface area (Å²) in [7, 11) is 1.71. The first-order valence-electron chi connectivity index (χ1n) is 7.28. The summed E-state index contributed by atoms with van der Waals surface area (Å²) < 4.78 is 8.70. The molecule has 0 aliphatic carbocycles. The minimum Gasteiger partial charge on any atom is -0.493 e. The Hall–Kier alpha value is -0.850. The molecule has 0 aliphatic rings. The predicted molar refractivity (Wildman–Crippen MR) is 91.2 cm³/mol. The van der Waals surface area contributed by atoms with Crippen molar-refractivity contribution in [1.82, 2.24) is 15.1 Å². The lowest BCUT2D eigenvalue weighted by molar-refractivity contribution is 0.398. The Bertz CT molecular complexity index is 567. The van der Waals surface area contributed by atoms with Crippen molar-refractivity contribution in [1.29, 1.82) is 0 Å². The molecule has 2 aromatic heterocycles. The van der Waals surface area contributed by atoms with Gasteiger partial charge < -0.3 is 10.1 Å². The minimum atomic E-state index is 0.116. The van der Waals surface area contributed by atoms with E-state index in [0.717, 1.165) is 41.8 Å². The van der Waals surface area contributed by atoms with Crippen molar-refractivity contribution in [2.45, 2.75) is 39.3 Å². The summed E-state index contributed by atoms with van der Waals surface area (Å²) in [5.41, 5.74) is 1.11. The Morgan fingerprint density at radius 3 is 2.81 bits per heavy atom. The first kappa shape index (κ1) is 16.5. The number of methoxy groups -OCH3 is 1. The standard InChI is InChI=1S/C15H22BrN3OS/c1-4-6-17-14(13-8-11(16)10-21-13)15-12(20-3)9-18-19(15)7-5-2/h8-10,14,17H,4-7H2,1-3H3. The third kappa shape index (κ3) is 3.87. The molecule has 0 fully saturated rings. The molecular weight excluding hydrogens is 350 g/mol. The van der Waals surface area contributed by atoms with Crippen LogP contribution in [0.25, 0.3) is 0 Å². The van der Waals surface area contributed by atoms with Gasteiger partial charge in [-0.1, -0.05) is 13.8 Å². The van der Waals surface area contributed by atoms with Gasteiger partial charge in [-0.2, -0.15) is 5.10 Å². The highest BCUT2D eigenvalue weighted by Crippen LogP contribution is 2.34. The van der Waals surface area contributed by atoms with Crippen LogP contribution in [-0.4, -0.2) is 23.4 Å². The Labute approximate surface area is 138 Å². The van der Waals surface area contributed by atoms with E-state index in [4.69, 9.17) is 4.74 Å². The van der Waals surface area contributed by atoms with Crippen LogP contribution in [0.5, 0.6) is 5.75 Å². The summed E-state index contributed by atoms with van der Waals surface area (Å²) >= 11 is 5.29. The van der Waals surface area contributed by atoms with Gasteiger partial charge in [0.25, 0.3) is 0 Å². The number of ether oxygens (including phenoxy) is 1. The molecule has 0 aromatic carbocycles. The zero-order valence-corrected chi connectivity index (χ0v) is 15.1. The van der Waals surface area contributed by atoms with Gasteiger partial charge >= 0.3 is 0 Å². The Balaban J connectivity index is 2.42. The highest BCUT2D eigenvalue weighted by Gasteiger charge is 2.24. The first-order valence-corrected chi connectivity index (χ1v) is 8.95. The van der Waals surface area contributed by atoms with E-state index in [1.807, 2.05) is 6.20 Å². The van der Waals surface area contributed by atoms with Gasteiger partial charge in [0.1, 0.15) is 5.69 Å². The Kier molecular flexibility index (Phi) is 6.26. The average molecular weight is 372 g/mol. The van der Waals surface area contributed by atoms with Crippen LogP contribution in [0.4, 0.5) is 0 Å². The van der Waals surface area contributed by atoms with E-state index in [9.17, 15) is 0 Å². The quantitative estimate of drug-likeness (QED) is 0.754. The van der Waals surface area contributed by atoms with Crippen molar-refractivity contribution in [3.05, 3.63) is 32.7 Å². The van der Waals surface area contributed by atoms with Gasteiger partial charge in [0.15, 0.2) is 5.75 Å². The molecular formula is C15H22BrN3OS. The summed E-state index contributed by atoms with van der Waals surface area (Å²) in [5, 5.41) is 10.2. The molecule has 2 aromatic rings. The molecule has 0 aliphatic heterocycles. The van der Waals surface area contributed by atoms with E-state index in [2.05, 4.69) is 56.3 Å². The van der Waals surface area contributed by atoms with Crippen molar-refractivity contribution in [2.24, 2.45) is 0 Å². The van der Waals surface area contributed by atoms with Crippen LogP contribution in [0.2, 0.25) is 0 Å². The molecule has 4 nitrogen and oxygen atoms in total. The molecule has 0 saturated heterocycles. The zero-order chi connectivity index (χ0) is 15.2. The summed E-state index contributed by atoms with van der Waals surface area (Å²) in [6.07, 6.45) is 3.95. The van der Waals surface area contributed by atoms with Crippen LogP contribution < -0.4 is 10.1 Å². The molecule has 1 N–H and O–H groups in total. The van der Waals surface area contributed by atoms with E-state index in [1.54, 1.807) is 18.4 Å². The van der Waals surface area contributed by atoms with Crippen molar-refractivity contribution in [3.8, 4) is 5.75 Å². The summed E-state index contributed by atoms with van der Waals surface area (Å²) in [5.74, 6) is 0.849. The number of halogens is 1. The maximum absolute atomic E-state index is 5.53. The van der Waals surface area contributed by atoms with Crippen LogP contribution in [0, 0.1) is 0 Å². The second kappa shape index (κ2) is 7.96. The van der Waals surface area contributed by atoms with Crippen LogP contribution in [0.3, 0.4) is 0 Å². The fourth-order valence-corrected chi connectivity index (χ4v) is 3.84. The second-order valence-corrected chi connectivity index (χ2v) is 6.73. The molecule has 6 heteroatoms. The number of nitrogens with one attached hydrogen (secondary N) is 1. The number of hydrogen-bond donors (Lipinski definition) is 1. The van der Waals surface area contributed by atoms with E-state index >= 15 is 0 Å². The number of rotatable bonds is 8. The third-order valence-electron chi connectivity index (χ3n) is 3.24. The van der Waals surface area contributed by atoms with E-state index in [1.165, 1.54) is 4.88 Å². The second-order valence-electron chi connectivity index (χ2n) is 4.88. The van der Waals surface area contributed by atoms with E-state index < -0.39 is 0 Å². The van der Waals surface area contributed by atoms with Crippen LogP contribution in [0.15, 0.2) is 22.1 Å². The van der Waals surface area contributed by atoms with Crippen molar-refractivity contribution < 1.29 is 4.74 Å². The molecule has 0 saturated carbocycles. The lowest BCUT2D eigenvalue weighted by atomic mass is 10.1. The molecule has 1 unspecified atom stereocenters. The molecule has 0 spiro atoms. The zero-order valence-electron chi connectivity index (χ0n) is 12.7. The lowest BCUT2D eigenvalue weighted by Gasteiger charge is -2.20. The maximum atomic E-state index is 5.53. The van der Waals surface area contributed by atoms with Gasteiger partial charge in [-0.25, -0.2) is 0 Å². The molecule has 21 heavy (non-hydrogen) atoms. The van der Waals surface area contributed by atoms with Gasteiger partial charge in [0.2, 0.25) is 0 Å². The fraction of sp³-hybridized carbons (Fsp3) is 0.533. The van der Waals surface area contributed by atoms with Crippen LogP contribution >= 0.6 is 27.3 Å². The normalized spacial score (nSPS) is 12.6. The Morgan fingerprint density at radius 1 is 1.43 bits per heavy atom. The summed E-state index contributed by atoms with van der Waals surface area (Å²) in [6, 6.07) is 2.28. The van der Waals surface area contributed by atoms with Crippen LogP contribution in [-0.2, 0) is 6.54 Å². The molecule has 0 bridgehead atoms. The average Bonchev–Trinajstić information content (AvgIpc) is 3.07. The van der Waals surface area contributed by atoms with E-state index in [0.29, 0.717) is 0 Å². The van der Waals surface area contributed by atoms with Gasteiger partial charge in [-0.3, -0.25) is 4.68 Å². The summed E-state index contributed by atoms with van der Waals surface area (Å²) in [6.45, 7) is 6.19. The molecule has 0 amide bonds. The van der Waals surface area contributed by atoms with Gasteiger partial charge in [-0.05, 0) is 41.4 Å². The highest BCUT2D eigenvalue weighted by atomic mass is 79.9. The van der Waals surface area contributed by atoms with Crippen molar-refractivity contribution in [3.63, 3.8) is 0 Å². The number of aromatic nitrogens is 2. The monoisotopic (exact) mass is 371 g/mol. The smallest absolute Gasteiger partial charge is 0.161 e. The predicted octanol–water partition coefficient (Wildman–Crippen LogP) is 4.21. The fourth-order valence-electron chi connectivity index (χ4n) is 2.32. The van der Waals surface area contributed by atoms with Crippen molar-refractivity contribution >= 4 is 27.3 Å². The lowest BCUT2D eigenvalue weighted by Crippen LogP contribution is -2.25. The molecule has 116 valence electrons. The number of thiophene rings is 1. The van der Waals surface area contributed by atoms with Gasteiger partial charge in [-0.15, -0.1) is 11.3 Å². The minimum absolute atomic E-state index is 0.116. The molecule has 2 rings (SSSR count). The Morgan fingerprint density at radius 2 is 2.24 bits per heavy atom. The van der Waals surface area contributed by atoms with Crippen LogP contribution in [0.1, 0.15) is 43.3 Å². The highest BCUT2D eigenvalue weighted by molar-refractivity contribution is 9.10. The first-order chi connectivity index (χ1) is 10.2. The maximum Gasteiger partial charge on any atom is 0.161 e. The molecule has 2 heterocycles. The summed E-state index contributed by atoms with van der Waals surface area (Å²) in [4.78, 5) is 1.27. The van der Waals surface area contributed by atoms with Crippen molar-refractivity contribution in [2.75, 3.05) is 13.7 Å². The number of nitrogens with zero attached hydrogens (tertiary/aromatic N) is 2. The number of aryl methyl sites for hydroxylation is 1. The third-order valence-corrected chi connectivity index (χ3v) is 5.00. The molecule has 0 radical (unpaired) electrons. The SMILES string of the molecule is CCCNC(c1cc(Br)cs1)c1c(OC)cnn1CCC. The van der Waals surface area contributed by atoms with Gasteiger partial charge in [0.05, 0.1) is 19.3 Å². The molecule has 1 atom stereocenters. The topological polar surface area (TPSA) is 39.1 Å². The van der Waals surface area contributed by atoms with E-state index in [-0.39, 0.29) is 6.04 Å².